The molecule has 16 heavy (non-hydrogen) atoms. The minimum absolute atomic E-state index is 0.120. The van der Waals surface area contributed by atoms with Gasteiger partial charge in [-0.15, -0.1) is 0 Å². The molecule has 1 aliphatic carbocycles. The van der Waals surface area contributed by atoms with Crippen molar-refractivity contribution < 1.29 is 0 Å². The number of nitriles is 4. The fourth-order valence-corrected chi connectivity index (χ4v) is 1.74. The van der Waals surface area contributed by atoms with Crippen molar-refractivity contribution in [2.45, 2.75) is 19.3 Å². The third-order valence-electron chi connectivity index (χ3n) is 2.84. The molecule has 4 heteroatoms. The quantitative estimate of drug-likeness (QED) is 0.616. The first-order chi connectivity index (χ1) is 7.63. The van der Waals surface area contributed by atoms with Crippen molar-refractivity contribution in [3.8, 4) is 24.3 Å². The van der Waals surface area contributed by atoms with Gasteiger partial charge in [-0.25, -0.2) is 0 Å². The summed E-state index contributed by atoms with van der Waals surface area (Å²) in [4.78, 5) is 0. The van der Waals surface area contributed by atoms with Gasteiger partial charge in [-0.05, 0) is 12.8 Å². The van der Waals surface area contributed by atoms with Crippen LogP contribution in [0.3, 0.4) is 0 Å². The van der Waals surface area contributed by atoms with Gasteiger partial charge < -0.3 is 0 Å². The molecule has 0 amide bonds. The maximum Gasteiger partial charge on any atom is 0.0966 e. The number of hydrogen-bond acceptors (Lipinski definition) is 4. The van der Waals surface area contributed by atoms with Crippen LogP contribution in [0.25, 0.3) is 0 Å². The Labute approximate surface area is 93.9 Å². The molecule has 0 spiro atoms. The van der Waals surface area contributed by atoms with E-state index in [1.54, 1.807) is 0 Å². The van der Waals surface area contributed by atoms with Gasteiger partial charge in [-0.2, -0.15) is 21.0 Å². The molecular weight excluding hydrogens is 200 g/mol. The van der Waals surface area contributed by atoms with Gasteiger partial charge in [0, 0.05) is 23.1 Å². The summed E-state index contributed by atoms with van der Waals surface area (Å²) >= 11 is 0. The highest BCUT2D eigenvalue weighted by molar-refractivity contribution is 5.46. The van der Waals surface area contributed by atoms with Crippen molar-refractivity contribution in [2.75, 3.05) is 0 Å². The summed E-state index contributed by atoms with van der Waals surface area (Å²) in [5.74, 6) is 0. The van der Waals surface area contributed by atoms with Crippen LogP contribution in [0.1, 0.15) is 19.3 Å². The molecule has 1 atom stereocenters. The maximum absolute atomic E-state index is 9.14. The predicted molar refractivity (Wildman–Crippen MR) is 54.9 cm³/mol. The third kappa shape index (κ3) is 1.66. The fraction of sp³-hybridized carbons (Fsp3) is 0.333. The van der Waals surface area contributed by atoms with Crippen LogP contribution < -0.4 is 0 Å². The van der Waals surface area contributed by atoms with Crippen LogP contribution in [0.15, 0.2) is 23.3 Å². The molecule has 1 unspecified atom stereocenters. The summed E-state index contributed by atoms with van der Waals surface area (Å²) in [6, 6.07) is 7.82. The SMILES string of the molecule is C=C(C#N)C1(C#N)CCC(C#N)=C(C#N)C1. The van der Waals surface area contributed by atoms with Crippen LogP contribution >= 0.6 is 0 Å². The molecular formula is C12H8N4. The van der Waals surface area contributed by atoms with E-state index < -0.39 is 5.41 Å². The number of hydrogen-bond donors (Lipinski definition) is 0. The normalized spacial score (nSPS) is 23.5. The lowest BCUT2D eigenvalue weighted by atomic mass is 9.69. The van der Waals surface area contributed by atoms with E-state index in [-0.39, 0.29) is 12.0 Å². The van der Waals surface area contributed by atoms with E-state index in [1.807, 2.05) is 18.2 Å². The largest absolute Gasteiger partial charge is 0.197 e. The summed E-state index contributed by atoms with van der Waals surface area (Å²) in [7, 11) is 0. The Balaban J connectivity index is 3.21. The Morgan fingerprint density at radius 2 is 1.75 bits per heavy atom. The van der Waals surface area contributed by atoms with Gasteiger partial charge in [-0.1, -0.05) is 6.58 Å². The van der Waals surface area contributed by atoms with Gasteiger partial charge in [-0.3, -0.25) is 0 Å². The highest BCUT2D eigenvalue weighted by Gasteiger charge is 2.38. The maximum atomic E-state index is 9.14. The van der Waals surface area contributed by atoms with Crippen LogP contribution in [0.5, 0.6) is 0 Å². The molecule has 1 rings (SSSR count). The summed E-state index contributed by atoms with van der Waals surface area (Å²) in [6.07, 6.45) is 0.854. The monoisotopic (exact) mass is 208 g/mol. The van der Waals surface area contributed by atoms with E-state index in [2.05, 4.69) is 12.6 Å². The lowest BCUT2D eigenvalue weighted by molar-refractivity contribution is 0.427. The van der Waals surface area contributed by atoms with Gasteiger partial charge in [0.05, 0.1) is 29.7 Å². The number of nitrogens with zero attached hydrogens (tertiary/aromatic N) is 4. The molecule has 0 aromatic carbocycles. The Bertz CT molecular complexity index is 527. The van der Waals surface area contributed by atoms with Gasteiger partial charge >= 0.3 is 0 Å². The lowest BCUT2D eigenvalue weighted by Gasteiger charge is -2.29. The molecule has 0 aliphatic heterocycles. The minimum atomic E-state index is -1.000. The summed E-state index contributed by atoms with van der Waals surface area (Å²) in [5, 5.41) is 35.6. The average molecular weight is 208 g/mol. The second-order valence-electron chi connectivity index (χ2n) is 3.64. The molecule has 0 aromatic heterocycles. The molecule has 1 aliphatic rings. The molecule has 0 saturated carbocycles. The van der Waals surface area contributed by atoms with Crippen molar-refractivity contribution in [3.05, 3.63) is 23.3 Å². The lowest BCUT2D eigenvalue weighted by Crippen LogP contribution is -2.25. The average Bonchev–Trinajstić information content (AvgIpc) is 2.36. The molecule has 0 N–H and O–H groups in total. The zero-order valence-corrected chi connectivity index (χ0v) is 8.62. The zero-order valence-electron chi connectivity index (χ0n) is 8.62. The van der Waals surface area contributed by atoms with E-state index >= 15 is 0 Å². The highest BCUT2D eigenvalue weighted by Crippen LogP contribution is 2.43. The van der Waals surface area contributed by atoms with Crippen molar-refractivity contribution in [3.63, 3.8) is 0 Å². The van der Waals surface area contributed by atoms with E-state index in [1.165, 1.54) is 0 Å². The number of rotatable bonds is 1. The smallest absolute Gasteiger partial charge is 0.0966 e. The van der Waals surface area contributed by atoms with E-state index in [9.17, 15) is 0 Å². The Morgan fingerprint density at radius 1 is 1.12 bits per heavy atom. The Hall–Kier alpha value is -2.56. The van der Waals surface area contributed by atoms with E-state index in [0.29, 0.717) is 24.0 Å². The van der Waals surface area contributed by atoms with Gasteiger partial charge in [0.2, 0.25) is 0 Å². The molecule has 0 saturated heterocycles. The third-order valence-corrected chi connectivity index (χ3v) is 2.84. The van der Waals surface area contributed by atoms with Crippen LogP contribution in [0.4, 0.5) is 0 Å². The van der Waals surface area contributed by atoms with Crippen molar-refractivity contribution in [1.29, 1.82) is 21.0 Å². The summed E-state index contributed by atoms with van der Waals surface area (Å²) < 4.78 is 0. The molecule has 4 nitrogen and oxygen atoms in total. The molecule has 76 valence electrons. The minimum Gasteiger partial charge on any atom is -0.197 e. The first-order valence-electron chi connectivity index (χ1n) is 4.66. The predicted octanol–water partition coefficient (Wildman–Crippen LogP) is 2.10. The van der Waals surface area contributed by atoms with Crippen molar-refractivity contribution >= 4 is 0 Å². The molecule has 0 aromatic rings. The zero-order chi connectivity index (χ0) is 12.2. The first-order valence-corrected chi connectivity index (χ1v) is 4.66. The fourth-order valence-electron chi connectivity index (χ4n) is 1.74. The molecule has 0 fully saturated rings. The van der Waals surface area contributed by atoms with Crippen LogP contribution in [0.2, 0.25) is 0 Å². The van der Waals surface area contributed by atoms with Crippen molar-refractivity contribution in [1.82, 2.24) is 0 Å². The van der Waals surface area contributed by atoms with Gasteiger partial charge in [0.25, 0.3) is 0 Å². The second kappa shape index (κ2) is 4.31. The van der Waals surface area contributed by atoms with Crippen molar-refractivity contribution in [2.24, 2.45) is 5.41 Å². The van der Waals surface area contributed by atoms with Crippen LogP contribution in [0, 0.1) is 50.7 Å². The highest BCUT2D eigenvalue weighted by atomic mass is 14.4. The summed E-state index contributed by atoms with van der Waals surface area (Å²) in [6.45, 7) is 3.56. The second-order valence-corrected chi connectivity index (χ2v) is 3.64. The van der Waals surface area contributed by atoms with Gasteiger partial charge in [0.1, 0.15) is 0 Å². The van der Waals surface area contributed by atoms with Crippen LogP contribution in [-0.4, -0.2) is 0 Å². The molecule has 0 radical (unpaired) electrons. The van der Waals surface area contributed by atoms with E-state index in [0.717, 1.165) is 0 Å². The number of allylic oxidation sites excluding steroid dienone is 3. The molecule has 0 heterocycles. The van der Waals surface area contributed by atoms with Gasteiger partial charge in [0.15, 0.2) is 0 Å². The van der Waals surface area contributed by atoms with Crippen LogP contribution in [-0.2, 0) is 0 Å². The first kappa shape index (κ1) is 11.5. The molecule has 0 bridgehead atoms. The van der Waals surface area contributed by atoms with E-state index in [4.69, 9.17) is 21.0 Å². The Morgan fingerprint density at radius 3 is 2.19 bits per heavy atom. The Kier molecular flexibility index (Phi) is 3.10. The standard InChI is InChI=1S/C12H8N4/c1-9(5-13)12(8-16)3-2-10(6-14)11(4-12)7-15/h1-4H2. The summed E-state index contributed by atoms with van der Waals surface area (Å²) in [5.41, 5.74) is -0.120. The topological polar surface area (TPSA) is 95.2 Å².